The number of rotatable bonds is 2. The van der Waals surface area contributed by atoms with Gasteiger partial charge in [0.15, 0.2) is 0 Å². The molecular weight excluding hydrogens is 280 g/mol. The Bertz CT molecular complexity index is 572. The van der Waals surface area contributed by atoms with Gasteiger partial charge in [-0.15, -0.1) is 0 Å². The molecular formula is C11H15ClN8. The van der Waals surface area contributed by atoms with E-state index < -0.39 is 0 Å². The Morgan fingerprint density at radius 3 is 2.70 bits per heavy atom. The summed E-state index contributed by atoms with van der Waals surface area (Å²) < 4.78 is 1.47. The van der Waals surface area contributed by atoms with Crippen molar-refractivity contribution in [1.82, 2.24) is 34.6 Å². The molecule has 0 saturated carbocycles. The average Bonchev–Trinajstić information content (AvgIpc) is 2.88. The SMILES string of the molecule is CN1CCCN(c2nc(Cl)nc(-n3cncn3)n2)CC1. The molecule has 0 radical (unpaired) electrons. The molecule has 0 aromatic carbocycles. The van der Waals surface area contributed by atoms with Crippen LogP contribution in [0.1, 0.15) is 6.42 Å². The van der Waals surface area contributed by atoms with Crippen LogP contribution in [0.3, 0.4) is 0 Å². The maximum atomic E-state index is 5.99. The summed E-state index contributed by atoms with van der Waals surface area (Å²) in [6, 6.07) is 0. The summed E-state index contributed by atoms with van der Waals surface area (Å²) >= 11 is 5.99. The molecule has 3 rings (SSSR count). The van der Waals surface area contributed by atoms with Gasteiger partial charge < -0.3 is 9.80 Å². The normalized spacial score (nSPS) is 17.2. The van der Waals surface area contributed by atoms with E-state index in [1.54, 1.807) is 0 Å². The second-order valence-electron chi connectivity index (χ2n) is 4.69. The Morgan fingerprint density at radius 2 is 1.90 bits per heavy atom. The maximum absolute atomic E-state index is 5.99. The zero-order chi connectivity index (χ0) is 13.9. The number of hydrogen-bond donors (Lipinski definition) is 0. The van der Waals surface area contributed by atoms with E-state index in [1.165, 1.54) is 17.3 Å². The highest BCUT2D eigenvalue weighted by Crippen LogP contribution is 2.14. The highest BCUT2D eigenvalue weighted by atomic mass is 35.5. The van der Waals surface area contributed by atoms with Crippen molar-refractivity contribution in [2.45, 2.75) is 6.42 Å². The Balaban J connectivity index is 1.89. The van der Waals surface area contributed by atoms with Crippen LogP contribution in [0.25, 0.3) is 5.95 Å². The number of aromatic nitrogens is 6. The Kier molecular flexibility index (Phi) is 3.75. The second-order valence-corrected chi connectivity index (χ2v) is 5.03. The number of halogens is 1. The first-order valence-electron chi connectivity index (χ1n) is 6.42. The van der Waals surface area contributed by atoms with E-state index >= 15 is 0 Å². The third-order valence-corrected chi connectivity index (χ3v) is 3.38. The molecule has 1 fully saturated rings. The molecule has 0 bridgehead atoms. The zero-order valence-corrected chi connectivity index (χ0v) is 11.9. The molecule has 1 saturated heterocycles. The Hall–Kier alpha value is -1.80. The first kappa shape index (κ1) is 13.2. The molecule has 1 aliphatic rings. The van der Waals surface area contributed by atoms with Crippen LogP contribution in [0.5, 0.6) is 0 Å². The molecule has 2 aromatic heterocycles. The van der Waals surface area contributed by atoms with E-state index in [0.717, 1.165) is 32.6 Å². The van der Waals surface area contributed by atoms with Gasteiger partial charge in [-0.25, -0.2) is 4.98 Å². The van der Waals surface area contributed by atoms with Crippen LogP contribution < -0.4 is 4.90 Å². The standard InChI is InChI=1S/C11H15ClN8/c1-18-3-2-4-19(6-5-18)10-15-9(12)16-11(17-10)20-8-13-7-14-20/h7-8H,2-6H2,1H3. The topological polar surface area (TPSA) is 75.9 Å². The number of nitrogens with zero attached hydrogens (tertiary/aromatic N) is 8. The van der Waals surface area contributed by atoms with Crippen molar-refractivity contribution in [3.63, 3.8) is 0 Å². The van der Waals surface area contributed by atoms with Crippen molar-refractivity contribution in [1.29, 1.82) is 0 Å². The van der Waals surface area contributed by atoms with Crippen molar-refractivity contribution in [3.8, 4) is 5.95 Å². The quantitative estimate of drug-likeness (QED) is 0.785. The fraction of sp³-hybridized carbons (Fsp3) is 0.545. The van der Waals surface area contributed by atoms with Gasteiger partial charge in [0.25, 0.3) is 5.95 Å². The summed E-state index contributed by atoms with van der Waals surface area (Å²) in [6.07, 6.45) is 4.03. The van der Waals surface area contributed by atoms with Gasteiger partial charge in [0, 0.05) is 19.6 Å². The summed E-state index contributed by atoms with van der Waals surface area (Å²) in [5.74, 6) is 0.973. The van der Waals surface area contributed by atoms with Gasteiger partial charge in [0.1, 0.15) is 12.7 Å². The van der Waals surface area contributed by atoms with E-state index in [1.807, 2.05) is 0 Å². The molecule has 0 unspecified atom stereocenters. The lowest BCUT2D eigenvalue weighted by Crippen LogP contribution is -2.30. The molecule has 20 heavy (non-hydrogen) atoms. The monoisotopic (exact) mass is 294 g/mol. The largest absolute Gasteiger partial charge is 0.339 e. The first-order chi connectivity index (χ1) is 9.72. The van der Waals surface area contributed by atoms with Crippen LogP contribution in [-0.2, 0) is 0 Å². The van der Waals surface area contributed by atoms with E-state index in [0.29, 0.717) is 11.9 Å². The highest BCUT2D eigenvalue weighted by molar-refractivity contribution is 6.28. The number of hydrogen-bond acceptors (Lipinski definition) is 7. The summed E-state index contributed by atoms with van der Waals surface area (Å²) in [5.41, 5.74) is 0. The van der Waals surface area contributed by atoms with Gasteiger partial charge in [0.05, 0.1) is 0 Å². The number of anilines is 1. The Labute approximate surface area is 121 Å². The smallest absolute Gasteiger partial charge is 0.258 e. The third-order valence-electron chi connectivity index (χ3n) is 3.21. The predicted molar refractivity (Wildman–Crippen MR) is 74.1 cm³/mol. The molecule has 9 heteroatoms. The van der Waals surface area contributed by atoms with Gasteiger partial charge in [-0.2, -0.15) is 24.7 Å². The average molecular weight is 295 g/mol. The fourth-order valence-electron chi connectivity index (χ4n) is 2.13. The Morgan fingerprint density at radius 1 is 1.05 bits per heavy atom. The molecule has 3 heterocycles. The third kappa shape index (κ3) is 2.86. The van der Waals surface area contributed by atoms with Crippen molar-refractivity contribution in [2.24, 2.45) is 0 Å². The van der Waals surface area contributed by atoms with Crippen molar-refractivity contribution in [2.75, 3.05) is 38.1 Å². The van der Waals surface area contributed by atoms with Crippen molar-refractivity contribution >= 4 is 17.5 Å². The summed E-state index contributed by atoms with van der Waals surface area (Å²) in [6.45, 7) is 3.82. The van der Waals surface area contributed by atoms with Crippen LogP contribution in [0.15, 0.2) is 12.7 Å². The molecule has 106 valence electrons. The maximum Gasteiger partial charge on any atom is 0.258 e. The molecule has 0 aliphatic carbocycles. The van der Waals surface area contributed by atoms with Crippen LogP contribution in [-0.4, -0.2) is 67.8 Å². The second kappa shape index (κ2) is 5.68. The first-order valence-corrected chi connectivity index (χ1v) is 6.80. The minimum Gasteiger partial charge on any atom is -0.339 e. The van der Waals surface area contributed by atoms with Crippen molar-refractivity contribution in [3.05, 3.63) is 17.9 Å². The lowest BCUT2D eigenvalue weighted by molar-refractivity contribution is 0.360. The fourth-order valence-corrected chi connectivity index (χ4v) is 2.28. The van der Waals surface area contributed by atoms with E-state index in [2.05, 4.69) is 41.9 Å². The van der Waals surface area contributed by atoms with Gasteiger partial charge >= 0.3 is 0 Å². The lowest BCUT2D eigenvalue weighted by atomic mass is 10.4. The van der Waals surface area contributed by atoms with Gasteiger partial charge in [-0.05, 0) is 31.6 Å². The molecule has 0 amide bonds. The molecule has 2 aromatic rings. The predicted octanol–water partition coefficient (Wildman–Crippen LogP) is 0.248. The lowest BCUT2D eigenvalue weighted by Gasteiger charge is -2.20. The van der Waals surface area contributed by atoms with Gasteiger partial charge in [-0.1, -0.05) is 0 Å². The minimum absolute atomic E-state index is 0.165. The minimum atomic E-state index is 0.165. The summed E-state index contributed by atoms with van der Waals surface area (Å²) in [4.78, 5) is 21.0. The van der Waals surface area contributed by atoms with Crippen LogP contribution in [0, 0.1) is 0 Å². The molecule has 0 N–H and O–H groups in total. The molecule has 0 spiro atoms. The summed E-state index contributed by atoms with van der Waals surface area (Å²) in [7, 11) is 2.12. The van der Waals surface area contributed by atoms with Gasteiger partial charge in [0.2, 0.25) is 11.2 Å². The van der Waals surface area contributed by atoms with Crippen LogP contribution in [0.2, 0.25) is 5.28 Å². The number of likely N-dealkylation sites (N-methyl/N-ethyl adjacent to an activating group) is 1. The van der Waals surface area contributed by atoms with Crippen molar-refractivity contribution < 1.29 is 0 Å². The molecule has 1 aliphatic heterocycles. The van der Waals surface area contributed by atoms with E-state index in [4.69, 9.17) is 11.6 Å². The zero-order valence-electron chi connectivity index (χ0n) is 11.1. The van der Waals surface area contributed by atoms with E-state index in [-0.39, 0.29) is 5.28 Å². The van der Waals surface area contributed by atoms with Crippen LogP contribution in [0.4, 0.5) is 5.95 Å². The van der Waals surface area contributed by atoms with Gasteiger partial charge in [-0.3, -0.25) is 0 Å². The van der Waals surface area contributed by atoms with Crippen LogP contribution >= 0.6 is 11.6 Å². The highest BCUT2D eigenvalue weighted by Gasteiger charge is 2.17. The van der Waals surface area contributed by atoms with E-state index in [9.17, 15) is 0 Å². The molecule has 8 nitrogen and oxygen atoms in total. The summed E-state index contributed by atoms with van der Waals surface area (Å²) in [5, 5.41) is 4.18. The molecule has 0 atom stereocenters.